The van der Waals surface area contributed by atoms with Crippen LogP contribution in [0.2, 0.25) is 5.02 Å². The van der Waals surface area contributed by atoms with Crippen molar-refractivity contribution in [1.29, 1.82) is 0 Å². The van der Waals surface area contributed by atoms with Gasteiger partial charge in [-0.25, -0.2) is 0 Å². The molecule has 1 fully saturated rings. The first-order valence-electron chi connectivity index (χ1n) is 7.22. The van der Waals surface area contributed by atoms with Gasteiger partial charge in [0.15, 0.2) is 6.10 Å². The lowest BCUT2D eigenvalue weighted by atomic mass is 9.91. The van der Waals surface area contributed by atoms with E-state index in [1.165, 1.54) is 0 Å². The van der Waals surface area contributed by atoms with Crippen molar-refractivity contribution in [3.8, 4) is 5.75 Å². The third-order valence-electron chi connectivity index (χ3n) is 3.90. The van der Waals surface area contributed by atoms with Gasteiger partial charge in [0, 0.05) is 11.6 Å². The van der Waals surface area contributed by atoms with Gasteiger partial charge in [-0.2, -0.15) is 13.2 Å². The first-order chi connectivity index (χ1) is 10.4. The summed E-state index contributed by atoms with van der Waals surface area (Å²) in [5, 5.41) is 9.90. The quantitative estimate of drug-likeness (QED) is 0.894. The second-order valence-corrected chi connectivity index (χ2v) is 5.90. The third kappa shape index (κ3) is 5.04. The van der Waals surface area contributed by atoms with E-state index < -0.39 is 18.2 Å². The number of nitrogens with zero attached hydrogens (tertiary/aromatic N) is 1. The number of aliphatic hydroxyl groups is 1. The Morgan fingerprint density at radius 1 is 1.23 bits per heavy atom. The number of piperidine rings is 1. The standard InChI is InChI=1S/C15H19ClF3NO2/c16-12-1-3-13(4-2-12)22-10-9-20-7-5-11(6-8-20)14(21)15(17,18)19/h1-4,11,14,21H,5-10H2. The van der Waals surface area contributed by atoms with Gasteiger partial charge in [0.1, 0.15) is 12.4 Å². The zero-order chi connectivity index (χ0) is 16.2. The van der Waals surface area contributed by atoms with E-state index in [2.05, 4.69) is 4.90 Å². The lowest BCUT2D eigenvalue weighted by Gasteiger charge is -2.34. The molecule has 0 spiro atoms. The highest BCUT2D eigenvalue weighted by molar-refractivity contribution is 6.30. The highest BCUT2D eigenvalue weighted by atomic mass is 35.5. The molecule has 0 aromatic heterocycles. The van der Waals surface area contributed by atoms with Gasteiger partial charge in [0.2, 0.25) is 0 Å². The number of aliphatic hydroxyl groups excluding tert-OH is 1. The SMILES string of the molecule is OC(C1CCN(CCOc2ccc(Cl)cc2)CC1)C(F)(F)F. The van der Waals surface area contributed by atoms with E-state index in [0.717, 1.165) is 0 Å². The second kappa shape index (κ2) is 7.53. The summed E-state index contributed by atoms with van der Waals surface area (Å²) >= 11 is 5.77. The van der Waals surface area contributed by atoms with Gasteiger partial charge < -0.3 is 9.84 Å². The molecule has 1 aliphatic heterocycles. The first kappa shape index (κ1) is 17.4. The van der Waals surface area contributed by atoms with Crippen LogP contribution in [-0.2, 0) is 0 Å². The number of alkyl halides is 3. The van der Waals surface area contributed by atoms with Gasteiger partial charge in [-0.1, -0.05) is 11.6 Å². The van der Waals surface area contributed by atoms with Gasteiger partial charge in [-0.15, -0.1) is 0 Å². The maximum Gasteiger partial charge on any atom is 0.414 e. The molecule has 0 amide bonds. The summed E-state index contributed by atoms with van der Waals surface area (Å²) in [6.45, 7) is 2.20. The average molecular weight is 338 g/mol. The lowest BCUT2D eigenvalue weighted by molar-refractivity contribution is -0.223. The predicted octanol–water partition coefficient (Wildman–Crippen LogP) is 3.35. The first-order valence-corrected chi connectivity index (χ1v) is 7.59. The van der Waals surface area contributed by atoms with Crippen molar-refractivity contribution in [3.05, 3.63) is 29.3 Å². The largest absolute Gasteiger partial charge is 0.492 e. The Kier molecular flexibility index (Phi) is 5.94. The fourth-order valence-electron chi connectivity index (χ4n) is 2.58. The Bertz CT molecular complexity index is 459. The Morgan fingerprint density at radius 2 is 1.82 bits per heavy atom. The van der Waals surface area contributed by atoms with Gasteiger partial charge in [0.25, 0.3) is 0 Å². The van der Waals surface area contributed by atoms with Crippen molar-refractivity contribution in [2.75, 3.05) is 26.2 Å². The van der Waals surface area contributed by atoms with E-state index in [9.17, 15) is 18.3 Å². The van der Waals surface area contributed by atoms with E-state index in [1.807, 2.05) is 0 Å². The minimum Gasteiger partial charge on any atom is -0.492 e. The molecule has 0 saturated carbocycles. The molecule has 2 rings (SSSR count). The van der Waals surface area contributed by atoms with Crippen LogP contribution in [0.5, 0.6) is 5.75 Å². The molecule has 1 aliphatic rings. The fourth-order valence-corrected chi connectivity index (χ4v) is 2.71. The topological polar surface area (TPSA) is 32.7 Å². The molecule has 0 bridgehead atoms. The molecule has 0 radical (unpaired) electrons. The number of hydrogen-bond acceptors (Lipinski definition) is 3. The Morgan fingerprint density at radius 3 is 2.36 bits per heavy atom. The zero-order valence-electron chi connectivity index (χ0n) is 12.0. The highest BCUT2D eigenvalue weighted by Gasteiger charge is 2.44. The Hall–Kier alpha value is -0.980. The van der Waals surface area contributed by atoms with Crippen molar-refractivity contribution in [1.82, 2.24) is 4.90 Å². The predicted molar refractivity (Wildman–Crippen MR) is 78.2 cm³/mol. The van der Waals surface area contributed by atoms with Crippen LogP contribution < -0.4 is 4.74 Å². The molecule has 1 aromatic carbocycles. The normalized spacial score (nSPS) is 19.1. The molecular weight excluding hydrogens is 319 g/mol. The van der Waals surface area contributed by atoms with Gasteiger partial charge >= 0.3 is 6.18 Å². The van der Waals surface area contributed by atoms with Crippen molar-refractivity contribution in [2.45, 2.75) is 25.1 Å². The van der Waals surface area contributed by atoms with Crippen molar-refractivity contribution >= 4 is 11.6 Å². The van der Waals surface area contributed by atoms with E-state index in [1.54, 1.807) is 24.3 Å². The summed E-state index contributed by atoms with van der Waals surface area (Å²) in [5.41, 5.74) is 0. The van der Waals surface area contributed by atoms with Crippen LogP contribution in [0, 0.1) is 5.92 Å². The average Bonchev–Trinajstić information content (AvgIpc) is 2.48. The summed E-state index contributed by atoms with van der Waals surface area (Å²) in [4.78, 5) is 2.05. The number of rotatable bonds is 5. The molecule has 1 heterocycles. The molecule has 7 heteroatoms. The van der Waals surface area contributed by atoms with Crippen LogP contribution in [0.4, 0.5) is 13.2 Å². The van der Waals surface area contributed by atoms with Crippen molar-refractivity contribution < 1.29 is 23.0 Å². The highest BCUT2D eigenvalue weighted by Crippen LogP contribution is 2.31. The van der Waals surface area contributed by atoms with E-state index in [4.69, 9.17) is 16.3 Å². The maximum atomic E-state index is 12.5. The summed E-state index contributed by atoms with van der Waals surface area (Å²) in [6.07, 6.45) is -6.03. The second-order valence-electron chi connectivity index (χ2n) is 5.47. The van der Waals surface area contributed by atoms with E-state index in [0.29, 0.717) is 49.9 Å². The third-order valence-corrected chi connectivity index (χ3v) is 4.16. The molecule has 3 nitrogen and oxygen atoms in total. The summed E-state index contributed by atoms with van der Waals surface area (Å²) in [7, 11) is 0. The number of benzene rings is 1. The molecule has 1 aromatic rings. The smallest absolute Gasteiger partial charge is 0.414 e. The number of halogens is 4. The molecular formula is C15H19ClF3NO2. The maximum absolute atomic E-state index is 12.5. The minimum absolute atomic E-state index is 0.349. The molecule has 22 heavy (non-hydrogen) atoms. The number of ether oxygens (including phenoxy) is 1. The molecule has 0 aliphatic carbocycles. The van der Waals surface area contributed by atoms with Crippen LogP contribution in [-0.4, -0.2) is 48.5 Å². The molecule has 124 valence electrons. The minimum atomic E-state index is -4.52. The zero-order valence-corrected chi connectivity index (χ0v) is 12.8. The van der Waals surface area contributed by atoms with E-state index >= 15 is 0 Å². The van der Waals surface area contributed by atoms with Crippen LogP contribution in [0.15, 0.2) is 24.3 Å². The Balaban J connectivity index is 1.68. The van der Waals surface area contributed by atoms with Crippen molar-refractivity contribution in [2.24, 2.45) is 5.92 Å². The molecule has 1 N–H and O–H groups in total. The lowest BCUT2D eigenvalue weighted by Crippen LogP contribution is -2.44. The van der Waals surface area contributed by atoms with Crippen LogP contribution >= 0.6 is 11.6 Å². The van der Waals surface area contributed by atoms with Gasteiger partial charge in [-0.3, -0.25) is 4.90 Å². The van der Waals surface area contributed by atoms with E-state index in [-0.39, 0.29) is 0 Å². The van der Waals surface area contributed by atoms with Crippen molar-refractivity contribution in [3.63, 3.8) is 0 Å². The van der Waals surface area contributed by atoms with Gasteiger partial charge in [0.05, 0.1) is 0 Å². The number of likely N-dealkylation sites (tertiary alicyclic amines) is 1. The van der Waals surface area contributed by atoms with Crippen LogP contribution in [0.25, 0.3) is 0 Å². The number of hydrogen-bond donors (Lipinski definition) is 1. The molecule has 1 atom stereocenters. The van der Waals surface area contributed by atoms with Crippen LogP contribution in [0.1, 0.15) is 12.8 Å². The summed E-state index contributed by atoms with van der Waals surface area (Å²) in [5.74, 6) is 0.0141. The fraction of sp³-hybridized carbons (Fsp3) is 0.600. The molecule has 1 unspecified atom stereocenters. The van der Waals surface area contributed by atoms with Crippen LogP contribution in [0.3, 0.4) is 0 Å². The summed E-state index contributed by atoms with van der Waals surface area (Å²) in [6, 6.07) is 7.02. The molecule has 1 saturated heterocycles. The summed E-state index contributed by atoms with van der Waals surface area (Å²) < 4.78 is 42.9. The Labute approximate surface area is 132 Å². The monoisotopic (exact) mass is 337 g/mol. The van der Waals surface area contributed by atoms with Gasteiger partial charge in [-0.05, 0) is 56.1 Å².